The lowest BCUT2D eigenvalue weighted by atomic mass is 10.1. The molecule has 0 aliphatic rings. The second-order valence-electron chi connectivity index (χ2n) is 6.37. The molecule has 25 heavy (non-hydrogen) atoms. The molecule has 2 aromatic rings. The average Bonchev–Trinajstić information content (AvgIpc) is 2.94. The van der Waals surface area contributed by atoms with E-state index >= 15 is 0 Å². The Balaban J connectivity index is 2.00. The lowest BCUT2D eigenvalue weighted by Gasteiger charge is -2.13. The van der Waals surface area contributed by atoms with Crippen molar-refractivity contribution >= 4 is 17.1 Å². The van der Waals surface area contributed by atoms with Gasteiger partial charge in [0.05, 0.1) is 12.4 Å². The van der Waals surface area contributed by atoms with Gasteiger partial charge in [-0.3, -0.25) is 18.7 Å². The van der Waals surface area contributed by atoms with Crippen molar-refractivity contribution in [1.29, 1.82) is 0 Å². The molecule has 0 saturated carbocycles. The Hall–Kier alpha value is -2.38. The number of fused-ring (bicyclic) bond motifs is 1. The van der Waals surface area contributed by atoms with E-state index in [0.29, 0.717) is 37.0 Å². The van der Waals surface area contributed by atoms with E-state index in [2.05, 4.69) is 4.98 Å². The Morgan fingerprint density at radius 1 is 1.28 bits per heavy atom. The molecular formula is C17H26N4O4. The Bertz CT molecular complexity index is 862. The van der Waals surface area contributed by atoms with Gasteiger partial charge in [0, 0.05) is 27.1 Å². The van der Waals surface area contributed by atoms with Crippen LogP contribution in [-0.2, 0) is 30.2 Å². The molecule has 0 radical (unpaired) electrons. The number of hydrogen-bond donors (Lipinski definition) is 0. The summed E-state index contributed by atoms with van der Waals surface area (Å²) in [4.78, 5) is 40.5. The Morgan fingerprint density at radius 3 is 2.68 bits per heavy atom. The predicted molar refractivity (Wildman–Crippen MR) is 94.5 cm³/mol. The van der Waals surface area contributed by atoms with Crippen LogP contribution in [0.1, 0.15) is 46.0 Å². The van der Waals surface area contributed by atoms with E-state index in [4.69, 9.17) is 4.74 Å². The highest BCUT2D eigenvalue weighted by Crippen LogP contribution is 2.08. The van der Waals surface area contributed by atoms with Crippen LogP contribution >= 0.6 is 0 Å². The molecule has 0 saturated heterocycles. The van der Waals surface area contributed by atoms with Gasteiger partial charge in [0.2, 0.25) is 0 Å². The summed E-state index contributed by atoms with van der Waals surface area (Å²) in [5.41, 5.74) is 0.133. The molecule has 1 unspecified atom stereocenters. The number of esters is 1. The summed E-state index contributed by atoms with van der Waals surface area (Å²) >= 11 is 0. The molecule has 0 N–H and O–H groups in total. The number of imidazole rings is 1. The van der Waals surface area contributed by atoms with Crippen molar-refractivity contribution in [3.8, 4) is 0 Å². The molecule has 0 spiro atoms. The fourth-order valence-corrected chi connectivity index (χ4v) is 2.84. The minimum Gasteiger partial charge on any atom is -0.463 e. The van der Waals surface area contributed by atoms with Gasteiger partial charge in [0.25, 0.3) is 5.56 Å². The van der Waals surface area contributed by atoms with Crippen molar-refractivity contribution in [3.05, 3.63) is 27.2 Å². The number of rotatable bonds is 8. The highest BCUT2D eigenvalue weighted by molar-refractivity contribution is 5.70. The van der Waals surface area contributed by atoms with Crippen molar-refractivity contribution in [2.45, 2.75) is 58.6 Å². The highest BCUT2D eigenvalue weighted by Gasteiger charge is 2.15. The van der Waals surface area contributed by atoms with E-state index in [1.165, 1.54) is 15.5 Å². The third-order valence-electron chi connectivity index (χ3n) is 4.23. The molecule has 0 aromatic carbocycles. The highest BCUT2D eigenvalue weighted by atomic mass is 16.5. The number of nitrogens with zero attached hydrogens (tertiary/aromatic N) is 4. The van der Waals surface area contributed by atoms with Crippen molar-refractivity contribution < 1.29 is 9.53 Å². The van der Waals surface area contributed by atoms with Gasteiger partial charge < -0.3 is 9.30 Å². The molecule has 138 valence electrons. The number of ether oxygens (including phenoxy) is 1. The summed E-state index contributed by atoms with van der Waals surface area (Å²) in [6.45, 7) is 4.13. The largest absolute Gasteiger partial charge is 0.463 e. The van der Waals surface area contributed by atoms with Crippen LogP contribution < -0.4 is 11.2 Å². The minimum atomic E-state index is -0.362. The number of unbranched alkanes of at least 4 members (excludes halogenated alkanes) is 1. The first-order valence-corrected chi connectivity index (χ1v) is 8.67. The maximum absolute atomic E-state index is 12.5. The standard InChI is InChI=1S/C17H26N4O4/c1-5-8-13(22)25-12(2)9-6-7-10-21-16(23)14-15(18-11-19(14)3)20(4)17(21)24/h11-12H,5-10H2,1-4H3. The number of carbonyl (C=O) groups excluding carboxylic acids is 1. The van der Waals surface area contributed by atoms with E-state index in [1.807, 2.05) is 13.8 Å². The maximum Gasteiger partial charge on any atom is 0.332 e. The van der Waals surface area contributed by atoms with Gasteiger partial charge in [-0.15, -0.1) is 0 Å². The number of aromatic nitrogens is 4. The second-order valence-corrected chi connectivity index (χ2v) is 6.37. The smallest absolute Gasteiger partial charge is 0.332 e. The van der Waals surface area contributed by atoms with E-state index in [9.17, 15) is 14.4 Å². The molecule has 0 aliphatic carbocycles. The van der Waals surface area contributed by atoms with E-state index in [-0.39, 0.29) is 23.3 Å². The normalized spacial score (nSPS) is 12.5. The summed E-state index contributed by atoms with van der Waals surface area (Å²) in [5.74, 6) is -0.179. The average molecular weight is 350 g/mol. The van der Waals surface area contributed by atoms with Crippen LogP contribution in [0.15, 0.2) is 15.9 Å². The molecule has 2 heterocycles. The Labute approximate surface area is 146 Å². The van der Waals surface area contributed by atoms with E-state index in [0.717, 1.165) is 12.8 Å². The summed E-state index contributed by atoms with van der Waals surface area (Å²) < 4.78 is 9.56. The van der Waals surface area contributed by atoms with Crippen LogP contribution in [0.4, 0.5) is 0 Å². The zero-order chi connectivity index (χ0) is 18.6. The molecule has 8 nitrogen and oxygen atoms in total. The molecule has 8 heteroatoms. The lowest BCUT2D eigenvalue weighted by molar-refractivity contribution is -0.148. The number of hydrogen-bond acceptors (Lipinski definition) is 5. The molecule has 0 amide bonds. The monoisotopic (exact) mass is 350 g/mol. The topological polar surface area (TPSA) is 88.1 Å². The van der Waals surface area contributed by atoms with E-state index in [1.54, 1.807) is 18.7 Å². The quantitative estimate of drug-likeness (QED) is 0.529. The van der Waals surface area contributed by atoms with Crippen LogP contribution in [-0.4, -0.2) is 30.8 Å². The van der Waals surface area contributed by atoms with Gasteiger partial charge >= 0.3 is 11.7 Å². The van der Waals surface area contributed by atoms with Crippen LogP contribution in [0, 0.1) is 0 Å². The fraction of sp³-hybridized carbons (Fsp3) is 0.647. The predicted octanol–water partition coefficient (Wildman–Crippen LogP) is 1.34. The summed E-state index contributed by atoms with van der Waals surface area (Å²) in [6, 6.07) is 0. The minimum absolute atomic E-state index is 0.154. The van der Waals surface area contributed by atoms with Gasteiger partial charge in [-0.25, -0.2) is 9.78 Å². The van der Waals surface area contributed by atoms with Crippen LogP contribution in [0.25, 0.3) is 11.2 Å². The van der Waals surface area contributed by atoms with Gasteiger partial charge in [-0.1, -0.05) is 6.92 Å². The van der Waals surface area contributed by atoms with E-state index < -0.39 is 0 Å². The van der Waals surface area contributed by atoms with Crippen LogP contribution in [0.5, 0.6) is 0 Å². The van der Waals surface area contributed by atoms with Crippen molar-refractivity contribution in [3.63, 3.8) is 0 Å². The zero-order valence-electron chi connectivity index (χ0n) is 15.3. The van der Waals surface area contributed by atoms with Gasteiger partial charge in [-0.05, 0) is 32.6 Å². The van der Waals surface area contributed by atoms with Crippen molar-refractivity contribution in [2.75, 3.05) is 0 Å². The molecule has 2 rings (SSSR count). The first kappa shape index (κ1) is 19.0. The molecular weight excluding hydrogens is 324 g/mol. The van der Waals surface area contributed by atoms with Gasteiger partial charge in [0.1, 0.15) is 0 Å². The summed E-state index contributed by atoms with van der Waals surface area (Å²) in [6.07, 6.45) is 4.71. The van der Waals surface area contributed by atoms with Crippen LogP contribution in [0.2, 0.25) is 0 Å². The van der Waals surface area contributed by atoms with Gasteiger partial charge in [0.15, 0.2) is 11.2 Å². The first-order valence-electron chi connectivity index (χ1n) is 8.67. The number of aryl methyl sites for hydroxylation is 2. The molecule has 1 atom stereocenters. The maximum atomic E-state index is 12.5. The third-order valence-corrected chi connectivity index (χ3v) is 4.23. The Kier molecular flexibility index (Phi) is 6.17. The van der Waals surface area contributed by atoms with Crippen molar-refractivity contribution in [1.82, 2.24) is 18.7 Å². The lowest BCUT2D eigenvalue weighted by Crippen LogP contribution is -2.39. The SMILES string of the molecule is CCCC(=O)OC(C)CCCCn1c(=O)c2c(ncn2C)n(C)c1=O. The first-order chi connectivity index (χ1) is 11.9. The molecule has 0 aliphatic heterocycles. The third kappa shape index (κ3) is 4.18. The second kappa shape index (κ2) is 8.13. The molecule has 0 bridgehead atoms. The van der Waals surface area contributed by atoms with Gasteiger partial charge in [-0.2, -0.15) is 0 Å². The number of carbonyl (C=O) groups is 1. The zero-order valence-corrected chi connectivity index (χ0v) is 15.3. The summed E-state index contributed by atoms with van der Waals surface area (Å²) in [7, 11) is 3.35. The molecule has 2 aromatic heterocycles. The fourth-order valence-electron chi connectivity index (χ4n) is 2.84. The van der Waals surface area contributed by atoms with Crippen molar-refractivity contribution in [2.24, 2.45) is 14.1 Å². The summed E-state index contributed by atoms with van der Waals surface area (Å²) in [5, 5.41) is 0. The molecule has 0 fully saturated rings. The van der Waals surface area contributed by atoms with Crippen LogP contribution in [0.3, 0.4) is 0 Å². The Morgan fingerprint density at radius 2 is 2.00 bits per heavy atom.